The van der Waals surface area contributed by atoms with E-state index in [2.05, 4.69) is 10.3 Å². The Morgan fingerprint density at radius 1 is 1.62 bits per heavy atom. The summed E-state index contributed by atoms with van der Waals surface area (Å²) in [6.45, 7) is 4.68. The minimum atomic E-state index is 0.0983. The van der Waals surface area contributed by atoms with Gasteiger partial charge in [-0.1, -0.05) is 0 Å². The van der Waals surface area contributed by atoms with E-state index in [1.54, 1.807) is 6.20 Å². The lowest BCUT2D eigenvalue weighted by Gasteiger charge is -2.24. The third kappa shape index (κ3) is 2.44. The summed E-state index contributed by atoms with van der Waals surface area (Å²) < 4.78 is 0. The molecular weight excluding hydrogens is 202 g/mol. The number of nitrogens with one attached hydrogen (secondary N) is 2. The van der Waals surface area contributed by atoms with Crippen LogP contribution in [0.15, 0.2) is 18.3 Å². The average Bonchev–Trinajstić information content (AvgIpc) is 2.97. The highest BCUT2D eigenvalue weighted by Gasteiger charge is 2.21. The summed E-state index contributed by atoms with van der Waals surface area (Å²) in [5.74, 6) is 0.0983. The second-order valence-corrected chi connectivity index (χ2v) is 4.22. The Kier molecular flexibility index (Phi) is 3.62. The molecule has 1 aromatic rings. The molecule has 88 valence electrons. The van der Waals surface area contributed by atoms with Gasteiger partial charge in [-0.3, -0.25) is 4.79 Å². The van der Waals surface area contributed by atoms with Gasteiger partial charge in [0.25, 0.3) is 5.91 Å². The lowest BCUT2D eigenvalue weighted by atomic mass is 10.2. The van der Waals surface area contributed by atoms with Crippen LogP contribution in [0.4, 0.5) is 0 Å². The summed E-state index contributed by atoms with van der Waals surface area (Å²) in [6, 6.07) is 4.15. The third-order valence-corrected chi connectivity index (χ3v) is 3.10. The van der Waals surface area contributed by atoms with Crippen molar-refractivity contribution in [2.24, 2.45) is 0 Å². The predicted octanol–water partition coefficient (Wildman–Crippen LogP) is 1.23. The van der Waals surface area contributed by atoms with Crippen molar-refractivity contribution in [3.8, 4) is 0 Å². The van der Waals surface area contributed by atoms with Crippen LogP contribution in [0, 0.1) is 0 Å². The van der Waals surface area contributed by atoms with Crippen LogP contribution in [0.5, 0.6) is 0 Å². The maximum absolute atomic E-state index is 12.1. The first-order valence-electron chi connectivity index (χ1n) is 5.97. The van der Waals surface area contributed by atoms with E-state index in [4.69, 9.17) is 0 Å². The summed E-state index contributed by atoms with van der Waals surface area (Å²) in [5.41, 5.74) is 0.680. The maximum Gasteiger partial charge on any atom is 0.270 e. The fourth-order valence-corrected chi connectivity index (χ4v) is 2.17. The SMILES string of the molecule is CCN(CC1CCCN1)C(=O)c1ccc[nH]1. The van der Waals surface area contributed by atoms with Gasteiger partial charge >= 0.3 is 0 Å². The number of hydrogen-bond donors (Lipinski definition) is 2. The van der Waals surface area contributed by atoms with E-state index in [0.717, 1.165) is 19.6 Å². The first-order chi connectivity index (χ1) is 7.81. The van der Waals surface area contributed by atoms with Crippen molar-refractivity contribution in [3.63, 3.8) is 0 Å². The first-order valence-corrected chi connectivity index (χ1v) is 5.97. The predicted molar refractivity (Wildman–Crippen MR) is 63.4 cm³/mol. The number of carbonyl (C=O) groups excluding carboxylic acids is 1. The van der Waals surface area contributed by atoms with Gasteiger partial charge in [0.15, 0.2) is 0 Å². The van der Waals surface area contributed by atoms with Crippen LogP contribution in [0.1, 0.15) is 30.3 Å². The second kappa shape index (κ2) is 5.16. The lowest BCUT2D eigenvalue weighted by Crippen LogP contribution is -2.41. The number of H-pyrrole nitrogens is 1. The molecule has 0 saturated carbocycles. The minimum Gasteiger partial charge on any atom is -0.357 e. The summed E-state index contributed by atoms with van der Waals surface area (Å²) in [7, 11) is 0. The average molecular weight is 221 g/mol. The van der Waals surface area contributed by atoms with Crippen molar-refractivity contribution < 1.29 is 4.79 Å². The Morgan fingerprint density at radius 3 is 3.06 bits per heavy atom. The number of nitrogens with zero attached hydrogens (tertiary/aromatic N) is 1. The quantitative estimate of drug-likeness (QED) is 0.803. The Morgan fingerprint density at radius 2 is 2.50 bits per heavy atom. The molecule has 16 heavy (non-hydrogen) atoms. The van der Waals surface area contributed by atoms with Gasteiger partial charge in [-0.15, -0.1) is 0 Å². The fraction of sp³-hybridized carbons (Fsp3) is 0.583. The van der Waals surface area contributed by atoms with E-state index in [0.29, 0.717) is 11.7 Å². The van der Waals surface area contributed by atoms with Gasteiger partial charge in [0, 0.05) is 25.3 Å². The molecule has 2 rings (SSSR count). The third-order valence-electron chi connectivity index (χ3n) is 3.10. The smallest absolute Gasteiger partial charge is 0.270 e. The van der Waals surface area contributed by atoms with Crippen molar-refractivity contribution in [1.82, 2.24) is 15.2 Å². The molecule has 2 heterocycles. The van der Waals surface area contributed by atoms with Gasteiger partial charge in [0.05, 0.1) is 0 Å². The highest BCUT2D eigenvalue weighted by molar-refractivity contribution is 5.92. The van der Waals surface area contributed by atoms with Gasteiger partial charge < -0.3 is 15.2 Å². The highest BCUT2D eigenvalue weighted by atomic mass is 16.2. The standard InChI is InChI=1S/C12H19N3O/c1-2-15(9-10-5-3-7-13-10)12(16)11-6-4-8-14-11/h4,6,8,10,13-14H,2-3,5,7,9H2,1H3. The monoisotopic (exact) mass is 221 g/mol. The molecule has 1 aliphatic rings. The van der Waals surface area contributed by atoms with Gasteiger partial charge in [-0.25, -0.2) is 0 Å². The summed E-state index contributed by atoms with van der Waals surface area (Å²) >= 11 is 0. The molecule has 0 bridgehead atoms. The molecule has 0 aromatic carbocycles. The van der Waals surface area contributed by atoms with Gasteiger partial charge in [0.2, 0.25) is 0 Å². The molecule has 0 spiro atoms. The molecule has 1 amide bonds. The largest absolute Gasteiger partial charge is 0.357 e. The summed E-state index contributed by atoms with van der Waals surface area (Å²) in [6.07, 6.45) is 4.18. The Bertz CT molecular complexity index is 328. The Balaban J connectivity index is 1.96. The molecule has 1 unspecified atom stereocenters. The van der Waals surface area contributed by atoms with Gasteiger partial charge in [0.1, 0.15) is 5.69 Å². The van der Waals surface area contributed by atoms with Crippen LogP contribution in [0.2, 0.25) is 0 Å². The van der Waals surface area contributed by atoms with Crippen molar-refractivity contribution in [1.29, 1.82) is 0 Å². The summed E-state index contributed by atoms with van der Waals surface area (Å²) in [5, 5.41) is 3.42. The first kappa shape index (κ1) is 11.2. The molecule has 1 aromatic heterocycles. The molecule has 4 heteroatoms. The number of hydrogen-bond acceptors (Lipinski definition) is 2. The zero-order valence-electron chi connectivity index (χ0n) is 9.70. The van der Waals surface area contributed by atoms with Gasteiger partial charge in [-0.05, 0) is 38.4 Å². The normalized spacial score (nSPS) is 19.9. The molecule has 1 aliphatic heterocycles. The topological polar surface area (TPSA) is 48.1 Å². The van der Waals surface area contributed by atoms with Crippen molar-refractivity contribution >= 4 is 5.91 Å². The highest BCUT2D eigenvalue weighted by Crippen LogP contribution is 2.09. The van der Waals surface area contributed by atoms with E-state index >= 15 is 0 Å². The number of aromatic amines is 1. The number of likely N-dealkylation sites (N-methyl/N-ethyl adjacent to an activating group) is 1. The molecule has 2 N–H and O–H groups in total. The van der Waals surface area contributed by atoms with E-state index in [1.807, 2.05) is 24.0 Å². The number of aromatic nitrogens is 1. The zero-order chi connectivity index (χ0) is 11.4. The Hall–Kier alpha value is -1.29. The fourth-order valence-electron chi connectivity index (χ4n) is 2.17. The summed E-state index contributed by atoms with van der Waals surface area (Å²) in [4.78, 5) is 17.0. The molecule has 1 fully saturated rings. The van der Waals surface area contributed by atoms with Crippen molar-refractivity contribution in [2.45, 2.75) is 25.8 Å². The number of carbonyl (C=O) groups is 1. The van der Waals surface area contributed by atoms with E-state index in [9.17, 15) is 4.79 Å². The van der Waals surface area contributed by atoms with Crippen LogP contribution in [0.3, 0.4) is 0 Å². The molecular formula is C12H19N3O. The number of rotatable bonds is 4. The second-order valence-electron chi connectivity index (χ2n) is 4.22. The lowest BCUT2D eigenvalue weighted by molar-refractivity contribution is 0.0746. The van der Waals surface area contributed by atoms with Crippen molar-refractivity contribution in [3.05, 3.63) is 24.0 Å². The zero-order valence-corrected chi connectivity index (χ0v) is 9.70. The molecule has 0 radical (unpaired) electrons. The molecule has 1 atom stereocenters. The van der Waals surface area contributed by atoms with E-state index in [-0.39, 0.29) is 5.91 Å². The Labute approximate surface area is 96.0 Å². The van der Waals surface area contributed by atoms with E-state index in [1.165, 1.54) is 12.8 Å². The van der Waals surface area contributed by atoms with Crippen LogP contribution < -0.4 is 5.32 Å². The van der Waals surface area contributed by atoms with E-state index < -0.39 is 0 Å². The van der Waals surface area contributed by atoms with Crippen LogP contribution in [-0.2, 0) is 0 Å². The van der Waals surface area contributed by atoms with Gasteiger partial charge in [-0.2, -0.15) is 0 Å². The van der Waals surface area contributed by atoms with Crippen LogP contribution in [0.25, 0.3) is 0 Å². The van der Waals surface area contributed by atoms with Crippen molar-refractivity contribution in [2.75, 3.05) is 19.6 Å². The molecule has 4 nitrogen and oxygen atoms in total. The maximum atomic E-state index is 12.1. The number of amides is 1. The van der Waals surface area contributed by atoms with Crippen LogP contribution >= 0.6 is 0 Å². The van der Waals surface area contributed by atoms with Crippen LogP contribution in [-0.4, -0.2) is 41.5 Å². The minimum absolute atomic E-state index is 0.0983. The molecule has 0 aliphatic carbocycles. The molecule has 1 saturated heterocycles.